The Hall–Kier alpha value is -1.66. The first-order chi connectivity index (χ1) is 11.3. The van der Waals surface area contributed by atoms with E-state index in [2.05, 4.69) is 5.32 Å². The second-order valence-corrected chi connectivity index (χ2v) is 6.86. The summed E-state index contributed by atoms with van der Waals surface area (Å²) in [7, 11) is 0. The molecule has 0 radical (unpaired) electrons. The highest BCUT2D eigenvalue weighted by molar-refractivity contribution is 7.99. The molecular weight excluding hydrogens is 359 g/mol. The molecular formula is C17H15ClF3NOS. The van der Waals surface area contributed by atoms with E-state index in [1.54, 1.807) is 6.92 Å². The quantitative estimate of drug-likeness (QED) is 0.737. The summed E-state index contributed by atoms with van der Waals surface area (Å²) in [6.07, 6.45) is -4.49. The summed E-state index contributed by atoms with van der Waals surface area (Å²) in [5.41, 5.74) is 0.176. The Bertz CT molecular complexity index is 707. The fourth-order valence-corrected chi connectivity index (χ4v) is 2.91. The predicted octanol–water partition coefficient (Wildman–Crippen LogP) is 5.62. The van der Waals surface area contributed by atoms with E-state index in [4.69, 9.17) is 11.6 Å². The molecule has 2 nitrogen and oxygen atoms in total. The fourth-order valence-electron chi connectivity index (χ4n) is 1.90. The molecule has 0 fully saturated rings. The van der Waals surface area contributed by atoms with E-state index in [0.29, 0.717) is 5.75 Å². The van der Waals surface area contributed by atoms with E-state index in [1.807, 2.05) is 30.3 Å². The van der Waals surface area contributed by atoms with Gasteiger partial charge in [-0.3, -0.25) is 4.79 Å². The Morgan fingerprint density at radius 2 is 1.88 bits per heavy atom. The molecule has 2 aromatic carbocycles. The maximum Gasteiger partial charge on any atom is 0.416 e. The third-order valence-corrected chi connectivity index (χ3v) is 4.81. The molecule has 0 saturated heterocycles. The average molecular weight is 374 g/mol. The number of carbonyl (C=O) groups is 1. The first-order valence-electron chi connectivity index (χ1n) is 7.10. The second-order valence-electron chi connectivity index (χ2n) is 5.12. The van der Waals surface area contributed by atoms with Gasteiger partial charge in [0.2, 0.25) is 5.91 Å². The number of thioether (sulfide) groups is 1. The number of anilines is 1. The molecule has 0 saturated carbocycles. The van der Waals surface area contributed by atoms with Crippen LogP contribution < -0.4 is 5.32 Å². The van der Waals surface area contributed by atoms with Gasteiger partial charge in [0.25, 0.3) is 0 Å². The summed E-state index contributed by atoms with van der Waals surface area (Å²) in [5, 5.41) is 2.10. The van der Waals surface area contributed by atoms with E-state index >= 15 is 0 Å². The number of alkyl halides is 3. The minimum Gasteiger partial charge on any atom is -0.324 e. The first kappa shape index (κ1) is 18.7. The van der Waals surface area contributed by atoms with Crippen LogP contribution in [0.2, 0.25) is 5.02 Å². The third kappa shape index (κ3) is 5.18. The molecule has 0 aromatic heterocycles. The van der Waals surface area contributed by atoms with Crippen LogP contribution in [0.3, 0.4) is 0 Å². The van der Waals surface area contributed by atoms with Crippen molar-refractivity contribution in [1.82, 2.24) is 0 Å². The Morgan fingerprint density at radius 1 is 1.21 bits per heavy atom. The summed E-state index contributed by atoms with van der Waals surface area (Å²) in [4.78, 5) is 12.2. The maximum absolute atomic E-state index is 12.7. The molecule has 1 atom stereocenters. The molecule has 0 heterocycles. The molecule has 0 spiro atoms. The molecule has 0 aliphatic rings. The molecule has 0 aliphatic carbocycles. The number of hydrogen-bond donors (Lipinski definition) is 1. The Morgan fingerprint density at radius 3 is 2.50 bits per heavy atom. The number of nitrogens with one attached hydrogen (secondary N) is 1. The largest absolute Gasteiger partial charge is 0.416 e. The van der Waals surface area contributed by atoms with Crippen molar-refractivity contribution in [1.29, 1.82) is 0 Å². The van der Waals surface area contributed by atoms with Crippen molar-refractivity contribution >= 4 is 35.0 Å². The molecule has 7 heteroatoms. The lowest BCUT2D eigenvalue weighted by Crippen LogP contribution is -2.23. The monoisotopic (exact) mass is 373 g/mol. The zero-order valence-corrected chi connectivity index (χ0v) is 14.3. The minimum atomic E-state index is -4.49. The molecule has 1 N–H and O–H groups in total. The van der Waals surface area contributed by atoms with Gasteiger partial charge in [-0.2, -0.15) is 13.2 Å². The van der Waals surface area contributed by atoms with Crippen molar-refractivity contribution < 1.29 is 18.0 Å². The van der Waals surface area contributed by atoms with Crippen molar-refractivity contribution in [2.75, 3.05) is 5.32 Å². The van der Waals surface area contributed by atoms with Gasteiger partial charge in [-0.15, -0.1) is 11.8 Å². The Balaban J connectivity index is 2.01. The van der Waals surface area contributed by atoms with Gasteiger partial charge >= 0.3 is 6.18 Å². The van der Waals surface area contributed by atoms with Crippen molar-refractivity contribution in [3.63, 3.8) is 0 Å². The van der Waals surface area contributed by atoms with E-state index < -0.39 is 22.9 Å². The molecule has 128 valence electrons. The highest BCUT2D eigenvalue weighted by Gasteiger charge is 2.31. The summed E-state index contributed by atoms with van der Waals surface area (Å²) in [5.74, 6) is 0.239. The second kappa shape index (κ2) is 7.94. The van der Waals surface area contributed by atoms with Crippen LogP contribution in [0.5, 0.6) is 0 Å². The zero-order chi connectivity index (χ0) is 17.7. The SMILES string of the molecule is C[C@H](SCc1ccccc1)C(=O)Nc1cc(C(F)(F)F)ccc1Cl. The lowest BCUT2D eigenvalue weighted by Gasteiger charge is -2.15. The number of benzene rings is 2. The maximum atomic E-state index is 12.7. The van der Waals surface area contributed by atoms with E-state index in [-0.39, 0.29) is 10.7 Å². The van der Waals surface area contributed by atoms with Gasteiger partial charge in [0.15, 0.2) is 0 Å². The van der Waals surface area contributed by atoms with Crippen LogP contribution in [0.4, 0.5) is 18.9 Å². The van der Waals surface area contributed by atoms with Crippen LogP contribution in [0.25, 0.3) is 0 Å². The van der Waals surface area contributed by atoms with E-state index in [0.717, 1.165) is 23.8 Å². The summed E-state index contributed by atoms with van der Waals surface area (Å²) in [6.45, 7) is 1.70. The predicted molar refractivity (Wildman–Crippen MR) is 92.3 cm³/mol. The standard InChI is InChI=1S/C17H15ClF3NOS/c1-11(24-10-12-5-3-2-4-6-12)16(23)22-15-9-13(17(19,20)21)7-8-14(15)18/h2-9,11H,10H2,1H3,(H,22,23)/t11-/m0/s1. The van der Waals surface area contributed by atoms with Crippen LogP contribution in [-0.4, -0.2) is 11.2 Å². The summed E-state index contributed by atoms with van der Waals surface area (Å²) < 4.78 is 38.2. The number of amides is 1. The molecule has 1 amide bonds. The third-order valence-electron chi connectivity index (χ3n) is 3.26. The van der Waals surface area contributed by atoms with Crippen LogP contribution in [0.1, 0.15) is 18.1 Å². The van der Waals surface area contributed by atoms with Crippen molar-refractivity contribution in [2.45, 2.75) is 24.1 Å². The van der Waals surface area contributed by atoms with Gasteiger partial charge < -0.3 is 5.32 Å². The number of halogens is 4. The topological polar surface area (TPSA) is 29.1 Å². The lowest BCUT2D eigenvalue weighted by molar-refractivity contribution is -0.137. The van der Waals surface area contributed by atoms with Gasteiger partial charge in [-0.25, -0.2) is 0 Å². The highest BCUT2D eigenvalue weighted by Crippen LogP contribution is 2.34. The molecule has 0 bridgehead atoms. The number of rotatable bonds is 5. The fraction of sp³-hybridized carbons (Fsp3) is 0.235. The molecule has 2 rings (SSSR count). The minimum absolute atomic E-state index is 0.0383. The van der Waals surface area contributed by atoms with Gasteiger partial charge in [0.1, 0.15) is 0 Å². The summed E-state index contributed by atoms with van der Waals surface area (Å²) in [6, 6.07) is 12.5. The van der Waals surface area contributed by atoms with E-state index in [1.165, 1.54) is 11.8 Å². The molecule has 0 aliphatic heterocycles. The number of carbonyl (C=O) groups excluding carboxylic acids is 1. The zero-order valence-electron chi connectivity index (χ0n) is 12.7. The van der Waals surface area contributed by atoms with Gasteiger partial charge in [-0.1, -0.05) is 41.9 Å². The number of hydrogen-bond acceptors (Lipinski definition) is 2. The smallest absolute Gasteiger partial charge is 0.324 e. The van der Waals surface area contributed by atoms with Gasteiger partial charge in [-0.05, 0) is 30.7 Å². The normalized spacial score (nSPS) is 12.7. The molecule has 2 aromatic rings. The van der Waals surface area contributed by atoms with Crippen LogP contribution >= 0.6 is 23.4 Å². The average Bonchev–Trinajstić information content (AvgIpc) is 2.54. The Labute approximate surface area is 147 Å². The van der Waals surface area contributed by atoms with Crippen molar-refractivity contribution in [3.05, 3.63) is 64.7 Å². The van der Waals surface area contributed by atoms with E-state index in [9.17, 15) is 18.0 Å². The highest BCUT2D eigenvalue weighted by atomic mass is 35.5. The lowest BCUT2D eigenvalue weighted by atomic mass is 10.2. The molecule has 0 unspecified atom stereocenters. The van der Waals surface area contributed by atoms with Crippen molar-refractivity contribution in [3.8, 4) is 0 Å². The molecule has 24 heavy (non-hydrogen) atoms. The van der Waals surface area contributed by atoms with Crippen LogP contribution in [0.15, 0.2) is 48.5 Å². The van der Waals surface area contributed by atoms with Crippen LogP contribution in [-0.2, 0) is 16.7 Å². The first-order valence-corrected chi connectivity index (χ1v) is 8.53. The Kier molecular flexibility index (Phi) is 6.18. The van der Waals surface area contributed by atoms with Gasteiger partial charge in [0, 0.05) is 5.75 Å². The van der Waals surface area contributed by atoms with Gasteiger partial charge in [0.05, 0.1) is 21.5 Å². The van der Waals surface area contributed by atoms with Crippen LogP contribution in [0, 0.1) is 0 Å². The summed E-state index contributed by atoms with van der Waals surface area (Å²) >= 11 is 7.27. The van der Waals surface area contributed by atoms with Crippen molar-refractivity contribution in [2.24, 2.45) is 0 Å².